The predicted octanol–water partition coefficient (Wildman–Crippen LogP) is 5.74. The van der Waals surface area contributed by atoms with Crippen molar-refractivity contribution in [1.82, 2.24) is 4.90 Å². The van der Waals surface area contributed by atoms with Gasteiger partial charge in [0.05, 0.1) is 10.6 Å². The molecule has 0 aliphatic heterocycles. The largest absolute Gasteiger partial charge is 0.331 e. The topological polar surface area (TPSA) is 20.3 Å². The van der Waals surface area contributed by atoms with Crippen molar-refractivity contribution in [1.29, 1.82) is 0 Å². The third-order valence-corrected chi connectivity index (χ3v) is 5.45. The van der Waals surface area contributed by atoms with Gasteiger partial charge in [0.2, 0.25) is 0 Å². The number of rotatable bonds is 5. The fourth-order valence-electron chi connectivity index (χ4n) is 2.99. The van der Waals surface area contributed by atoms with E-state index < -0.39 is 0 Å². The van der Waals surface area contributed by atoms with Crippen LogP contribution in [-0.2, 0) is 6.54 Å². The fraction of sp³-hybridized carbons (Fsp3) is 0.350. The van der Waals surface area contributed by atoms with Crippen molar-refractivity contribution in [3.8, 4) is 0 Å². The minimum absolute atomic E-state index is 0.0250. The second kappa shape index (κ2) is 7.16. The lowest BCUT2D eigenvalue weighted by atomic mass is 10.1. The van der Waals surface area contributed by atoms with Crippen molar-refractivity contribution in [3.63, 3.8) is 0 Å². The van der Waals surface area contributed by atoms with E-state index in [4.69, 9.17) is 23.2 Å². The average Bonchev–Trinajstić information content (AvgIpc) is 3.41. The third-order valence-electron chi connectivity index (χ3n) is 4.73. The van der Waals surface area contributed by atoms with Gasteiger partial charge in [-0.2, -0.15) is 0 Å². The summed E-state index contributed by atoms with van der Waals surface area (Å²) in [6.45, 7) is 4.62. The Morgan fingerprint density at radius 1 is 1.17 bits per heavy atom. The van der Waals surface area contributed by atoms with Crippen LogP contribution in [0.15, 0.2) is 42.5 Å². The van der Waals surface area contributed by atoms with Crippen LogP contribution in [0.5, 0.6) is 0 Å². The SMILES string of the molecule is Cc1cc(C(=O)N(Cc2ccccc2)[C@@H](C)C2CC2)c(Cl)cc1Cl. The summed E-state index contributed by atoms with van der Waals surface area (Å²) in [5, 5.41) is 0.998. The monoisotopic (exact) mass is 361 g/mol. The maximum atomic E-state index is 13.2. The molecule has 3 rings (SSSR count). The van der Waals surface area contributed by atoms with E-state index in [0.29, 0.717) is 28.1 Å². The summed E-state index contributed by atoms with van der Waals surface area (Å²) in [6, 6.07) is 13.7. The maximum Gasteiger partial charge on any atom is 0.255 e. The van der Waals surface area contributed by atoms with Crippen molar-refractivity contribution in [3.05, 3.63) is 69.2 Å². The lowest BCUT2D eigenvalue weighted by Gasteiger charge is -2.30. The highest BCUT2D eigenvalue weighted by atomic mass is 35.5. The molecule has 0 unspecified atom stereocenters. The van der Waals surface area contributed by atoms with E-state index in [-0.39, 0.29) is 11.9 Å². The van der Waals surface area contributed by atoms with E-state index in [0.717, 1.165) is 11.1 Å². The molecule has 1 aliphatic carbocycles. The van der Waals surface area contributed by atoms with Crippen LogP contribution in [0.4, 0.5) is 0 Å². The molecule has 0 aromatic heterocycles. The van der Waals surface area contributed by atoms with Gasteiger partial charge in [0, 0.05) is 17.6 Å². The summed E-state index contributed by atoms with van der Waals surface area (Å²) in [4.78, 5) is 15.2. The number of carbonyl (C=O) groups is 1. The summed E-state index contributed by atoms with van der Waals surface area (Å²) in [5.74, 6) is 0.563. The van der Waals surface area contributed by atoms with Crippen LogP contribution in [0.25, 0.3) is 0 Å². The molecule has 1 saturated carbocycles. The zero-order valence-corrected chi connectivity index (χ0v) is 15.4. The smallest absolute Gasteiger partial charge is 0.255 e. The van der Waals surface area contributed by atoms with E-state index in [9.17, 15) is 4.79 Å². The van der Waals surface area contributed by atoms with Gasteiger partial charge in [-0.05, 0) is 55.9 Å². The van der Waals surface area contributed by atoms with Gasteiger partial charge in [-0.3, -0.25) is 4.79 Å². The van der Waals surface area contributed by atoms with E-state index in [1.807, 2.05) is 30.0 Å². The van der Waals surface area contributed by atoms with Crippen LogP contribution in [0.1, 0.15) is 41.3 Å². The molecule has 0 heterocycles. The molecule has 1 aliphatic rings. The summed E-state index contributed by atoms with van der Waals surface area (Å²) in [5.41, 5.74) is 2.52. The molecule has 0 N–H and O–H groups in total. The summed E-state index contributed by atoms with van der Waals surface area (Å²) in [6.07, 6.45) is 2.38. The first kappa shape index (κ1) is 17.3. The molecule has 1 amide bonds. The Morgan fingerprint density at radius 3 is 2.46 bits per heavy atom. The van der Waals surface area contributed by atoms with E-state index in [1.54, 1.807) is 12.1 Å². The maximum absolute atomic E-state index is 13.2. The van der Waals surface area contributed by atoms with Crippen LogP contribution in [0.2, 0.25) is 10.0 Å². The average molecular weight is 362 g/mol. The first-order valence-electron chi connectivity index (χ1n) is 8.28. The minimum Gasteiger partial charge on any atom is -0.331 e. The van der Waals surface area contributed by atoms with Crippen LogP contribution in [-0.4, -0.2) is 16.8 Å². The highest BCUT2D eigenvalue weighted by molar-refractivity contribution is 6.37. The summed E-state index contributed by atoms with van der Waals surface area (Å²) >= 11 is 12.4. The zero-order valence-electron chi connectivity index (χ0n) is 13.9. The molecule has 1 atom stereocenters. The van der Waals surface area contributed by atoms with Gasteiger partial charge in [-0.15, -0.1) is 0 Å². The zero-order chi connectivity index (χ0) is 17.3. The van der Waals surface area contributed by atoms with Crippen molar-refractivity contribution >= 4 is 29.1 Å². The van der Waals surface area contributed by atoms with E-state index in [2.05, 4.69) is 19.1 Å². The quantitative estimate of drug-likeness (QED) is 0.664. The number of benzene rings is 2. The Morgan fingerprint density at radius 2 is 1.83 bits per heavy atom. The summed E-state index contributed by atoms with van der Waals surface area (Å²) < 4.78 is 0. The second-order valence-electron chi connectivity index (χ2n) is 6.58. The molecule has 126 valence electrons. The second-order valence-corrected chi connectivity index (χ2v) is 7.39. The number of carbonyl (C=O) groups excluding carboxylic acids is 1. The van der Waals surface area contributed by atoms with Crippen LogP contribution >= 0.6 is 23.2 Å². The fourth-order valence-corrected chi connectivity index (χ4v) is 3.45. The Labute approximate surface area is 153 Å². The molecular weight excluding hydrogens is 341 g/mol. The molecule has 2 aromatic carbocycles. The molecule has 0 saturated heterocycles. The normalized spacial score (nSPS) is 15.2. The highest BCUT2D eigenvalue weighted by Gasteiger charge is 2.35. The number of halogens is 2. The molecule has 0 bridgehead atoms. The summed E-state index contributed by atoms with van der Waals surface area (Å²) in [7, 11) is 0. The van der Waals surface area contributed by atoms with Crippen molar-refractivity contribution in [2.75, 3.05) is 0 Å². The number of hydrogen-bond donors (Lipinski definition) is 0. The number of amides is 1. The Hall–Kier alpha value is -1.51. The molecule has 24 heavy (non-hydrogen) atoms. The molecule has 0 spiro atoms. The van der Waals surface area contributed by atoms with Crippen molar-refractivity contribution in [2.45, 2.75) is 39.3 Å². The van der Waals surface area contributed by atoms with Gasteiger partial charge in [-0.25, -0.2) is 0 Å². The van der Waals surface area contributed by atoms with E-state index >= 15 is 0 Å². The van der Waals surface area contributed by atoms with Gasteiger partial charge in [0.1, 0.15) is 0 Å². The minimum atomic E-state index is -0.0250. The van der Waals surface area contributed by atoms with Gasteiger partial charge < -0.3 is 4.90 Å². The Bertz CT molecular complexity index is 741. The third kappa shape index (κ3) is 3.76. The van der Waals surface area contributed by atoms with Crippen molar-refractivity contribution < 1.29 is 4.79 Å². The molecule has 1 fully saturated rings. The van der Waals surface area contributed by atoms with Gasteiger partial charge >= 0.3 is 0 Å². The Balaban J connectivity index is 1.92. The lowest BCUT2D eigenvalue weighted by Crippen LogP contribution is -2.39. The van der Waals surface area contributed by atoms with Crippen LogP contribution in [0, 0.1) is 12.8 Å². The number of nitrogens with zero attached hydrogens (tertiary/aromatic N) is 1. The number of aryl methyl sites for hydroxylation is 1. The first-order valence-corrected chi connectivity index (χ1v) is 9.03. The molecule has 2 nitrogen and oxygen atoms in total. The standard InChI is InChI=1S/C20H21Cl2NO/c1-13-10-17(19(22)11-18(13)21)20(24)23(14(2)16-8-9-16)12-15-6-4-3-5-7-15/h3-7,10-11,14,16H,8-9,12H2,1-2H3/t14-/m0/s1. The molecular formula is C20H21Cl2NO. The van der Waals surface area contributed by atoms with Crippen molar-refractivity contribution in [2.24, 2.45) is 5.92 Å². The molecule has 0 radical (unpaired) electrons. The predicted molar refractivity (Wildman–Crippen MR) is 99.7 cm³/mol. The van der Waals surface area contributed by atoms with Gasteiger partial charge in [0.25, 0.3) is 5.91 Å². The highest BCUT2D eigenvalue weighted by Crippen LogP contribution is 2.37. The first-order chi connectivity index (χ1) is 11.5. The Kier molecular flexibility index (Phi) is 5.17. The van der Waals surface area contributed by atoms with Crippen LogP contribution in [0.3, 0.4) is 0 Å². The lowest BCUT2D eigenvalue weighted by molar-refractivity contribution is 0.0654. The molecule has 2 aromatic rings. The van der Waals surface area contributed by atoms with Crippen LogP contribution < -0.4 is 0 Å². The van der Waals surface area contributed by atoms with Gasteiger partial charge in [-0.1, -0.05) is 53.5 Å². The van der Waals surface area contributed by atoms with E-state index in [1.165, 1.54) is 12.8 Å². The van der Waals surface area contributed by atoms with Gasteiger partial charge in [0.15, 0.2) is 0 Å². The molecule has 4 heteroatoms. The number of hydrogen-bond acceptors (Lipinski definition) is 1.